The number of benzene rings is 1. The number of hydrogen-bond donors (Lipinski definition) is 2. The Morgan fingerprint density at radius 1 is 0.964 bits per heavy atom. The Bertz CT molecular complexity index is 684. The molecule has 3 N–H and O–H groups in total. The lowest BCUT2D eigenvalue weighted by Crippen LogP contribution is -2.14. The zero-order valence-electron chi connectivity index (χ0n) is 17.0. The first-order valence-corrected chi connectivity index (χ1v) is 10.4. The van der Waals surface area contributed by atoms with E-state index >= 15 is 0 Å². The third-order valence-electron chi connectivity index (χ3n) is 4.70. The average Bonchev–Trinajstić information content (AvgIpc) is 2.71. The molecule has 0 saturated carbocycles. The van der Waals surface area contributed by atoms with Gasteiger partial charge in [-0.25, -0.2) is 4.98 Å². The number of ether oxygens (including phenoxy) is 1. The standard InChI is InChI=1S/C23H33N3O2/c1-2-3-4-5-6-7-8-9-16-25-17-19-10-13-21(14-11-19)28-22-15-12-20(18-26-22)23(24)27/h10-15,18,25H,2-9,16-17H2,1H3,(H2,24,27). The molecule has 2 aromatic rings. The fourth-order valence-corrected chi connectivity index (χ4v) is 3.00. The molecule has 0 bridgehead atoms. The van der Waals surface area contributed by atoms with Crippen LogP contribution in [0.4, 0.5) is 0 Å². The number of pyridine rings is 1. The summed E-state index contributed by atoms with van der Waals surface area (Å²) in [6.07, 6.45) is 12.2. The van der Waals surface area contributed by atoms with Gasteiger partial charge in [-0.05, 0) is 36.7 Å². The monoisotopic (exact) mass is 383 g/mol. The van der Waals surface area contributed by atoms with Crippen molar-refractivity contribution in [3.63, 3.8) is 0 Å². The molecule has 1 aromatic heterocycles. The SMILES string of the molecule is CCCCCCCCCCNCc1ccc(Oc2ccc(C(N)=O)cn2)cc1. The van der Waals surface area contributed by atoms with E-state index in [0.717, 1.165) is 13.1 Å². The van der Waals surface area contributed by atoms with Gasteiger partial charge in [-0.2, -0.15) is 0 Å². The Hall–Kier alpha value is -2.40. The van der Waals surface area contributed by atoms with Crippen LogP contribution in [0.2, 0.25) is 0 Å². The van der Waals surface area contributed by atoms with E-state index in [0.29, 0.717) is 17.2 Å². The molecule has 0 radical (unpaired) electrons. The maximum atomic E-state index is 11.1. The van der Waals surface area contributed by atoms with Crippen molar-refractivity contribution in [1.82, 2.24) is 10.3 Å². The van der Waals surface area contributed by atoms with Crippen LogP contribution in [-0.2, 0) is 6.54 Å². The van der Waals surface area contributed by atoms with Crippen LogP contribution >= 0.6 is 0 Å². The number of amides is 1. The Morgan fingerprint density at radius 3 is 2.25 bits per heavy atom. The predicted molar refractivity (Wildman–Crippen MR) is 114 cm³/mol. The van der Waals surface area contributed by atoms with Crippen LogP contribution < -0.4 is 15.8 Å². The maximum Gasteiger partial charge on any atom is 0.250 e. The Morgan fingerprint density at radius 2 is 1.64 bits per heavy atom. The fraction of sp³-hybridized carbons (Fsp3) is 0.478. The van der Waals surface area contributed by atoms with Crippen molar-refractivity contribution in [2.45, 2.75) is 64.8 Å². The summed E-state index contributed by atoms with van der Waals surface area (Å²) in [4.78, 5) is 15.1. The van der Waals surface area contributed by atoms with Crippen LogP contribution in [0.15, 0.2) is 42.6 Å². The normalized spacial score (nSPS) is 10.8. The van der Waals surface area contributed by atoms with Crippen LogP contribution in [0.5, 0.6) is 11.6 Å². The summed E-state index contributed by atoms with van der Waals surface area (Å²) in [7, 11) is 0. The number of hydrogen-bond acceptors (Lipinski definition) is 4. The molecule has 1 aromatic carbocycles. The van der Waals surface area contributed by atoms with Gasteiger partial charge in [-0.3, -0.25) is 4.79 Å². The van der Waals surface area contributed by atoms with Crippen molar-refractivity contribution < 1.29 is 9.53 Å². The van der Waals surface area contributed by atoms with Crippen LogP contribution in [0.3, 0.4) is 0 Å². The minimum absolute atomic E-state index is 0.366. The van der Waals surface area contributed by atoms with Crippen LogP contribution in [-0.4, -0.2) is 17.4 Å². The van der Waals surface area contributed by atoms with Crippen LogP contribution in [0.1, 0.15) is 74.2 Å². The lowest BCUT2D eigenvalue weighted by molar-refractivity contribution is 0.1000. The topological polar surface area (TPSA) is 77.2 Å². The molecule has 0 atom stereocenters. The van der Waals surface area contributed by atoms with Gasteiger partial charge in [0.25, 0.3) is 0 Å². The molecule has 0 aliphatic heterocycles. The van der Waals surface area contributed by atoms with E-state index in [1.165, 1.54) is 63.1 Å². The summed E-state index contributed by atoms with van der Waals surface area (Å²) in [5.41, 5.74) is 6.80. The smallest absolute Gasteiger partial charge is 0.250 e. The van der Waals surface area contributed by atoms with E-state index in [1.54, 1.807) is 12.1 Å². The maximum absolute atomic E-state index is 11.1. The van der Waals surface area contributed by atoms with Crippen molar-refractivity contribution in [3.05, 3.63) is 53.7 Å². The number of carbonyl (C=O) groups excluding carboxylic acids is 1. The third kappa shape index (κ3) is 8.53. The molecule has 1 amide bonds. The number of carbonyl (C=O) groups is 1. The van der Waals surface area contributed by atoms with Crippen molar-refractivity contribution in [3.8, 4) is 11.6 Å². The molecule has 0 aliphatic rings. The van der Waals surface area contributed by atoms with Gasteiger partial charge in [0.15, 0.2) is 0 Å². The van der Waals surface area contributed by atoms with Gasteiger partial charge in [0.1, 0.15) is 5.75 Å². The van der Waals surface area contributed by atoms with E-state index in [1.807, 2.05) is 24.3 Å². The quantitative estimate of drug-likeness (QED) is 0.439. The minimum atomic E-state index is -0.497. The number of unbranched alkanes of at least 4 members (excludes halogenated alkanes) is 7. The number of rotatable bonds is 14. The van der Waals surface area contributed by atoms with Gasteiger partial charge in [-0.15, -0.1) is 0 Å². The van der Waals surface area contributed by atoms with E-state index < -0.39 is 5.91 Å². The summed E-state index contributed by atoms with van der Waals surface area (Å²) in [5.74, 6) is 0.652. The van der Waals surface area contributed by atoms with Crippen LogP contribution in [0, 0.1) is 0 Å². The van der Waals surface area contributed by atoms with E-state index in [9.17, 15) is 4.79 Å². The first-order valence-electron chi connectivity index (χ1n) is 10.4. The van der Waals surface area contributed by atoms with Crippen LogP contribution in [0.25, 0.3) is 0 Å². The molecule has 0 fully saturated rings. The van der Waals surface area contributed by atoms with Crippen molar-refractivity contribution in [2.24, 2.45) is 5.73 Å². The second-order valence-electron chi connectivity index (χ2n) is 7.15. The van der Waals surface area contributed by atoms with Gasteiger partial charge >= 0.3 is 0 Å². The highest BCUT2D eigenvalue weighted by atomic mass is 16.5. The molecular weight excluding hydrogens is 350 g/mol. The molecule has 2 rings (SSSR count). The minimum Gasteiger partial charge on any atom is -0.439 e. The summed E-state index contributed by atoms with van der Waals surface area (Å²) >= 11 is 0. The summed E-state index contributed by atoms with van der Waals surface area (Å²) < 4.78 is 5.69. The van der Waals surface area contributed by atoms with E-state index in [-0.39, 0.29) is 0 Å². The second-order valence-corrected chi connectivity index (χ2v) is 7.15. The Labute approximate surface area is 168 Å². The molecule has 0 spiro atoms. The summed E-state index contributed by atoms with van der Waals surface area (Å²) in [6.45, 7) is 4.18. The predicted octanol–water partition coefficient (Wildman–Crippen LogP) is 5.20. The number of nitrogens with two attached hydrogens (primary N) is 1. The van der Waals surface area contributed by atoms with Crippen molar-refractivity contribution in [2.75, 3.05) is 6.54 Å². The molecule has 5 heteroatoms. The largest absolute Gasteiger partial charge is 0.439 e. The molecule has 0 unspecified atom stereocenters. The molecule has 28 heavy (non-hydrogen) atoms. The van der Waals surface area contributed by atoms with E-state index in [4.69, 9.17) is 10.5 Å². The first kappa shape index (κ1) is 21.9. The summed E-state index contributed by atoms with van der Waals surface area (Å²) in [5, 5.41) is 3.50. The fourth-order valence-electron chi connectivity index (χ4n) is 3.00. The van der Waals surface area contributed by atoms with Gasteiger partial charge < -0.3 is 15.8 Å². The molecule has 152 valence electrons. The molecule has 0 aliphatic carbocycles. The highest BCUT2D eigenvalue weighted by Crippen LogP contribution is 2.20. The van der Waals surface area contributed by atoms with Gasteiger partial charge in [0.05, 0.1) is 5.56 Å². The summed E-state index contributed by atoms with van der Waals surface area (Å²) in [6, 6.07) is 11.2. The van der Waals surface area contributed by atoms with Crippen molar-refractivity contribution >= 4 is 5.91 Å². The molecule has 5 nitrogen and oxygen atoms in total. The van der Waals surface area contributed by atoms with Crippen molar-refractivity contribution in [1.29, 1.82) is 0 Å². The Balaban J connectivity index is 1.60. The third-order valence-corrected chi connectivity index (χ3v) is 4.70. The number of nitrogens with one attached hydrogen (secondary N) is 1. The highest BCUT2D eigenvalue weighted by Gasteiger charge is 2.03. The average molecular weight is 384 g/mol. The molecular formula is C23H33N3O2. The second kappa shape index (κ2) is 12.9. The first-order chi connectivity index (χ1) is 13.7. The number of aromatic nitrogens is 1. The molecule has 0 saturated heterocycles. The van der Waals surface area contributed by atoms with E-state index in [2.05, 4.69) is 17.2 Å². The van der Waals surface area contributed by atoms with Gasteiger partial charge in [-0.1, -0.05) is 64.0 Å². The Kier molecular flexibility index (Phi) is 10.1. The zero-order valence-corrected chi connectivity index (χ0v) is 17.0. The van der Waals surface area contributed by atoms with Gasteiger partial charge in [0, 0.05) is 18.8 Å². The number of primary amides is 1. The molecule has 1 heterocycles. The number of nitrogens with zero attached hydrogens (tertiary/aromatic N) is 1. The highest BCUT2D eigenvalue weighted by molar-refractivity contribution is 5.92. The lowest BCUT2D eigenvalue weighted by atomic mass is 10.1. The zero-order chi connectivity index (χ0) is 20.0. The van der Waals surface area contributed by atoms with Gasteiger partial charge in [0.2, 0.25) is 11.8 Å². The lowest BCUT2D eigenvalue weighted by Gasteiger charge is -2.08.